The Balaban J connectivity index is -0.000000326. The molecule has 0 aliphatic heterocycles. The molecule has 3 nitrogen and oxygen atoms in total. The molecule has 272 valence electrons. The van der Waals surface area contributed by atoms with Crippen molar-refractivity contribution in [3.63, 3.8) is 0 Å². The lowest BCUT2D eigenvalue weighted by molar-refractivity contribution is -0.870. The molecule has 0 aliphatic rings. The van der Waals surface area contributed by atoms with Gasteiger partial charge in [0.15, 0.2) is 0 Å². The average molecular weight is 650 g/mol. The largest absolute Gasteiger partial charge is 1.00 e. The quantitative estimate of drug-likeness (QED) is 0.0564. The van der Waals surface area contributed by atoms with Crippen LogP contribution in [0.5, 0.6) is 0 Å². The molecule has 4 heteroatoms. The van der Waals surface area contributed by atoms with Gasteiger partial charge in [0.25, 0.3) is 0 Å². The topological polar surface area (TPSA) is 23.1 Å². The van der Waals surface area contributed by atoms with Crippen molar-refractivity contribution >= 4 is 0 Å². The summed E-state index contributed by atoms with van der Waals surface area (Å²) in [5, 5.41) is 8.93. The Bertz CT molecular complexity index is 431. The maximum atomic E-state index is 8.93. The van der Waals surface area contributed by atoms with Gasteiger partial charge in [0.2, 0.25) is 0 Å². The highest BCUT2D eigenvalue weighted by Gasteiger charge is 2.06. The van der Waals surface area contributed by atoms with Crippen LogP contribution in [0.25, 0.3) is 0 Å². The van der Waals surface area contributed by atoms with Crippen molar-refractivity contribution in [3.8, 4) is 0 Å². The zero-order valence-electron chi connectivity index (χ0n) is 32.6. The number of unbranched alkanes of at least 4 members (excludes halogenated alkanes) is 26. The van der Waals surface area contributed by atoms with E-state index in [9.17, 15) is 0 Å². The predicted molar refractivity (Wildman–Crippen MR) is 197 cm³/mol. The Morgan fingerprint density at radius 1 is 0.295 bits per heavy atom. The van der Waals surface area contributed by atoms with Crippen LogP contribution in [0.2, 0.25) is 0 Å². The molecule has 0 radical (unpaired) electrons. The molecule has 0 saturated carbocycles. The molecule has 44 heavy (non-hydrogen) atoms. The lowest BCUT2D eigenvalue weighted by atomic mass is 10.0. The third-order valence-electron chi connectivity index (χ3n) is 8.36. The van der Waals surface area contributed by atoms with Crippen molar-refractivity contribution in [2.75, 3.05) is 62.0 Å². The lowest BCUT2D eigenvalue weighted by Gasteiger charge is -2.23. The van der Waals surface area contributed by atoms with E-state index in [2.05, 4.69) is 56.1 Å². The minimum atomic E-state index is 0. The normalized spacial score (nSPS) is 11.3. The second-order valence-electron chi connectivity index (χ2n) is 15.5. The third-order valence-corrected chi connectivity index (χ3v) is 8.36. The van der Waals surface area contributed by atoms with E-state index in [4.69, 9.17) is 5.11 Å². The van der Waals surface area contributed by atoms with Gasteiger partial charge in [-0.05, 0) is 25.7 Å². The molecule has 0 unspecified atom stereocenters. The summed E-state index contributed by atoms with van der Waals surface area (Å²) in [5.41, 5.74) is 0. The van der Waals surface area contributed by atoms with Crippen molar-refractivity contribution in [2.45, 2.75) is 201 Å². The summed E-state index contributed by atoms with van der Waals surface area (Å²) in [7, 11) is 13.8. The van der Waals surface area contributed by atoms with E-state index in [1.54, 1.807) is 6.92 Å². The van der Waals surface area contributed by atoms with Crippen molar-refractivity contribution < 1.29 is 26.5 Å². The first kappa shape index (κ1) is 51.0. The molecule has 0 aromatic rings. The van der Waals surface area contributed by atoms with Gasteiger partial charge in [-0.25, -0.2) is 0 Å². The van der Waals surface area contributed by atoms with E-state index in [1.807, 2.05) is 0 Å². The molecule has 0 spiro atoms. The van der Waals surface area contributed by atoms with Crippen molar-refractivity contribution in [1.29, 1.82) is 0 Å². The molecule has 0 saturated heterocycles. The predicted octanol–water partition coefficient (Wildman–Crippen LogP) is 8.72. The summed E-state index contributed by atoms with van der Waals surface area (Å²) < 4.78 is 2.25. The maximum Gasteiger partial charge on any atom is 0.0780 e. The molecule has 0 fully saturated rings. The van der Waals surface area contributed by atoms with Gasteiger partial charge < -0.3 is 26.5 Å². The minimum absolute atomic E-state index is 0. The van der Waals surface area contributed by atoms with Gasteiger partial charge in [-0.3, -0.25) is 0 Å². The Morgan fingerprint density at radius 2 is 0.432 bits per heavy atom. The first-order chi connectivity index (χ1) is 20.5. The van der Waals surface area contributed by atoms with Gasteiger partial charge >= 0.3 is 0 Å². The molecule has 0 bridgehead atoms. The van der Waals surface area contributed by atoms with Gasteiger partial charge in [0.1, 0.15) is 0 Å². The van der Waals surface area contributed by atoms with Crippen LogP contribution in [0, 0.1) is 0 Å². The fraction of sp³-hybridized carbons (Fsp3) is 1.00. The molecule has 0 aromatic carbocycles. The monoisotopic (exact) mass is 649 g/mol. The molecule has 0 rings (SSSR count). The van der Waals surface area contributed by atoms with Gasteiger partial charge in [0.05, 0.1) is 55.4 Å². The zero-order valence-corrected chi connectivity index (χ0v) is 33.4. The second kappa shape index (κ2) is 41.2. The highest BCUT2D eigenvalue weighted by atomic mass is 35.5. The van der Waals surface area contributed by atoms with E-state index in [0.717, 1.165) is 8.97 Å². The standard InChI is InChI=1S/2C19H42N.C2H5O.ClH/c2*1-5-6-7-8-9-10-11-12-13-14-15-16-17-18-19-20(2,3)4;1-2-3;/h2*5-19H2,1-4H3;2H2,1H3;1H/q2*+1;-1;/p-1. The van der Waals surface area contributed by atoms with E-state index >= 15 is 0 Å². The van der Waals surface area contributed by atoms with E-state index < -0.39 is 0 Å². The second-order valence-corrected chi connectivity index (χ2v) is 15.5. The summed E-state index contributed by atoms with van der Waals surface area (Å²) in [6.07, 6.45) is 40.7. The number of quaternary nitrogens is 2. The highest BCUT2D eigenvalue weighted by Crippen LogP contribution is 2.14. The number of nitrogens with zero attached hydrogens (tertiary/aromatic N) is 2. The Morgan fingerprint density at radius 3 is 0.568 bits per heavy atom. The molecular weight excluding hydrogens is 560 g/mol. The Hall–Kier alpha value is 0.170. The van der Waals surface area contributed by atoms with Gasteiger partial charge in [-0.1, -0.05) is 175 Å². The smallest absolute Gasteiger partial charge is 0.0780 e. The minimum Gasteiger partial charge on any atom is -1.00 e. The number of hydrogen-bond donors (Lipinski definition) is 0. The van der Waals surface area contributed by atoms with Crippen LogP contribution in [0.1, 0.15) is 201 Å². The molecule has 0 heterocycles. The Labute approximate surface area is 288 Å². The van der Waals surface area contributed by atoms with Crippen molar-refractivity contribution in [1.82, 2.24) is 0 Å². The van der Waals surface area contributed by atoms with Gasteiger partial charge in [-0.15, -0.1) is 6.61 Å². The van der Waals surface area contributed by atoms with Crippen molar-refractivity contribution in [3.05, 3.63) is 0 Å². The van der Waals surface area contributed by atoms with Crippen LogP contribution >= 0.6 is 0 Å². The molecule has 0 atom stereocenters. The van der Waals surface area contributed by atoms with E-state index in [0.29, 0.717) is 0 Å². The van der Waals surface area contributed by atoms with Crippen LogP contribution in [0.3, 0.4) is 0 Å². The molecule has 0 aromatic heterocycles. The summed E-state index contributed by atoms with van der Waals surface area (Å²) in [6.45, 7) is 8.82. The van der Waals surface area contributed by atoms with Gasteiger partial charge in [-0.2, -0.15) is 0 Å². The first-order valence-corrected chi connectivity index (χ1v) is 19.7. The van der Waals surface area contributed by atoms with E-state index in [1.165, 1.54) is 193 Å². The molecular formula is C40H89ClN2O. The summed E-state index contributed by atoms with van der Waals surface area (Å²) in [6, 6.07) is 0. The number of hydrogen-bond acceptors (Lipinski definition) is 1. The lowest BCUT2D eigenvalue weighted by Crippen LogP contribution is -3.00. The van der Waals surface area contributed by atoms with Crippen molar-refractivity contribution in [2.24, 2.45) is 0 Å². The maximum absolute atomic E-state index is 8.93. The average Bonchev–Trinajstić information content (AvgIpc) is 2.93. The SMILES string of the molecule is CCCCCCCCCCCCCCCC[N+](C)(C)C.CCCCCCCCCCCCCCCC[N+](C)(C)C.CC[O-].[Cl-]. The summed E-state index contributed by atoms with van der Waals surface area (Å²) in [5.74, 6) is 0. The van der Waals surface area contributed by atoms with E-state index in [-0.39, 0.29) is 19.0 Å². The van der Waals surface area contributed by atoms with Crippen LogP contribution < -0.4 is 17.5 Å². The molecule has 0 N–H and O–H groups in total. The third kappa shape index (κ3) is 61.2. The number of rotatable bonds is 30. The van der Waals surface area contributed by atoms with Crippen LogP contribution in [0.15, 0.2) is 0 Å². The fourth-order valence-electron chi connectivity index (χ4n) is 5.56. The summed E-state index contributed by atoms with van der Waals surface area (Å²) in [4.78, 5) is 0. The summed E-state index contributed by atoms with van der Waals surface area (Å²) >= 11 is 0. The molecule has 0 amide bonds. The highest BCUT2D eigenvalue weighted by molar-refractivity contribution is 4.50. The van der Waals surface area contributed by atoms with Crippen LogP contribution in [-0.4, -0.2) is 70.9 Å². The zero-order chi connectivity index (χ0) is 32.9. The van der Waals surface area contributed by atoms with Crippen LogP contribution in [0.4, 0.5) is 0 Å². The Kier molecular flexibility index (Phi) is 47.8. The van der Waals surface area contributed by atoms with Crippen LogP contribution in [-0.2, 0) is 0 Å². The molecule has 0 aliphatic carbocycles. The number of halogens is 1. The fourth-order valence-corrected chi connectivity index (χ4v) is 5.56. The van der Waals surface area contributed by atoms with Gasteiger partial charge in [0, 0.05) is 0 Å². The first-order valence-electron chi connectivity index (χ1n) is 19.7.